The monoisotopic (exact) mass is 1880 g/mol. The molecule has 3 saturated heterocycles. The highest BCUT2D eigenvalue weighted by Crippen LogP contribution is 2.49. The van der Waals surface area contributed by atoms with Crippen molar-refractivity contribution < 1.29 is 171 Å². The van der Waals surface area contributed by atoms with Crippen LogP contribution in [0, 0.1) is 17.2 Å². The maximum atomic E-state index is 15.0. The molecule has 1 aliphatic carbocycles. The maximum Gasteiger partial charge on any atom is 0.303 e. The lowest BCUT2D eigenvalue weighted by Gasteiger charge is -2.44. The van der Waals surface area contributed by atoms with Gasteiger partial charge in [0, 0.05) is 127 Å². The van der Waals surface area contributed by atoms with Crippen molar-refractivity contribution in [3.05, 3.63) is 35.4 Å². The number of nitriles is 1. The summed E-state index contributed by atoms with van der Waals surface area (Å²) in [4.78, 5) is 207. The number of rotatable bonds is 55. The van der Waals surface area contributed by atoms with Gasteiger partial charge in [0.25, 0.3) is 8.53 Å². The minimum Gasteiger partial charge on any atom is -0.463 e. The second-order valence-corrected chi connectivity index (χ2v) is 32.8. The molecule has 0 spiro atoms. The predicted molar refractivity (Wildman–Crippen MR) is 451 cm³/mol. The molecule has 131 heavy (non-hydrogen) atoms. The van der Waals surface area contributed by atoms with Crippen LogP contribution in [0.4, 0.5) is 0 Å². The van der Waals surface area contributed by atoms with Crippen molar-refractivity contribution >= 4 is 104 Å². The number of nitrogens with zero attached hydrogens (tertiary/aromatic N) is 3. The van der Waals surface area contributed by atoms with Crippen LogP contribution in [-0.2, 0) is 184 Å². The highest BCUT2D eigenvalue weighted by molar-refractivity contribution is 7.44. The summed E-state index contributed by atoms with van der Waals surface area (Å²) in [6.07, 6.45) is -14.3. The van der Waals surface area contributed by atoms with Crippen molar-refractivity contribution in [1.29, 1.82) is 5.26 Å². The van der Waals surface area contributed by atoms with E-state index < -0.39 is 229 Å². The van der Waals surface area contributed by atoms with E-state index in [1.54, 1.807) is 24.3 Å². The molecule has 3 heterocycles. The van der Waals surface area contributed by atoms with Crippen molar-refractivity contribution in [2.24, 2.45) is 5.92 Å². The first kappa shape index (κ1) is 112. The summed E-state index contributed by atoms with van der Waals surface area (Å²) >= 11 is 0. The van der Waals surface area contributed by atoms with E-state index in [0.717, 1.165) is 62.3 Å². The number of hydrogen-bond acceptors (Lipinski definition) is 39. The molecule has 0 radical (unpaired) electrons. The molecule has 7 amide bonds. The lowest BCUT2D eigenvalue weighted by Crippen LogP contribution is -2.66. The summed E-state index contributed by atoms with van der Waals surface area (Å²) in [6, 6.07) is 4.05. The van der Waals surface area contributed by atoms with Crippen LogP contribution in [0.5, 0.6) is 0 Å². The molecule has 4 aliphatic rings. The Kier molecular flexibility index (Phi) is 50.2. The Hall–Kier alpha value is -9.86. The Bertz CT molecular complexity index is 3800. The lowest BCUT2D eigenvalue weighted by atomic mass is 9.87. The number of esters is 9. The molecular formula is C84H129N10O36P. The van der Waals surface area contributed by atoms with Crippen LogP contribution in [0.25, 0.3) is 0 Å². The third kappa shape index (κ3) is 41.4. The molecule has 17 atom stereocenters. The molecule has 1 saturated carbocycles. The van der Waals surface area contributed by atoms with E-state index in [1.807, 2.05) is 0 Å². The molecule has 46 nitrogen and oxygen atoms in total. The molecule has 0 aromatic heterocycles. The molecule has 3 aliphatic heterocycles. The van der Waals surface area contributed by atoms with Gasteiger partial charge in [-0.3, -0.25) is 81.6 Å². The van der Waals surface area contributed by atoms with Crippen molar-refractivity contribution in [3.8, 4) is 6.07 Å². The van der Waals surface area contributed by atoms with Gasteiger partial charge < -0.3 is 132 Å². The Morgan fingerprint density at radius 3 is 1.10 bits per heavy atom. The van der Waals surface area contributed by atoms with E-state index in [4.69, 9.17) is 94.3 Å². The van der Waals surface area contributed by atoms with Gasteiger partial charge in [0.05, 0.1) is 104 Å². The first-order chi connectivity index (χ1) is 62.1. The fourth-order valence-corrected chi connectivity index (χ4v) is 16.3. The maximum absolute atomic E-state index is 15.0. The third-order valence-electron chi connectivity index (χ3n) is 19.7. The van der Waals surface area contributed by atoms with Gasteiger partial charge in [-0.2, -0.15) is 5.26 Å². The van der Waals surface area contributed by atoms with E-state index in [1.165, 1.54) is 25.7 Å². The molecular weight excluding hydrogens is 1760 g/mol. The topological polar surface area (TPSA) is 572 Å². The van der Waals surface area contributed by atoms with Crippen molar-refractivity contribution in [1.82, 2.24) is 46.8 Å². The van der Waals surface area contributed by atoms with E-state index in [-0.39, 0.29) is 135 Å². The van der Waals surface area contributed by atoms with Gasteiger partial charge in [-0.05, 0) is 70.9 Å². The first-order valence-corrected chi connectivity index (χ1v) is 44.2. The normalized spacial score (nSPS) is 23.9. The quantitative estimate of drug-likeness (QED) is 0.0192. The smallest absolute Gasteiger partial charge is 0.303 e. The second kappa shape index (κ2) is 58.9. The van der Waals surface area contributed by atoms with E-state index in [9.17, 15) is 77.2 Å². The Balaban J connectivity index is 1.40. The third-order valence-corrected chi connectivity index (χ3v) is 21.9. The van der Waals surface area contributed by atoms with Gasteiger partial charge in [-0.1, -0.05) is 24.3 Å². The fraction of sp³-hybridized carbons (Fsp3) is 0.726. The van der Waals surface area contributed by atoms with Crippen molar-refractivity contribution in [3.63, 3.8) is 0 Å². The number of carbonyl (C=O) groups excluding carboxylic acids is 16. The molecule has 1 aromatic rings. The van der Waals surface area contributed by atoms with E-state index >= 15 is 4.79 Å². The average Bonchev–Trinajstić information content (AvgIpc) is 0.787. The van der Waals surface area contributed by atoms with Crippen LogP contribution < -0.4 is 37.2 Å². The number of ether oxygens (including phenoxy) is 18. The number of carbonyl (C=O) groups is 16. The zero-order valence-corrected chi connectivity index (χ0v) is 77.9. The lowest BCUT2D eigenvalue weighted by molar-refractivity contribution is -0.279. The van der Waals surface area contributed by atoms with Gasteiger partial charge in [-0.15, -0.1) is 0 Å². The van der Waals surface area contributed by atoms with Gasteiger partial charge in [0.15, 0.2) is 55.5 Å². The molecule has 4 fully saturated rings. The van der Waals surface area contributed by atoms with Gasteiger partial charge in [-0.25, -0.2) is 4.67 Å². The Labute approximate surface area is 761 Å². The van der Waals surface area contributed by atoms with Crippen LogP contribution in [0.2, 0.25) is 0 Å². The summed E-state index contributed by atoms with van der Waals surface area (Å²) in [5.74, 6) is -11.5. The summed E-state index contributed by atoms with van der Waals surface area (Å²) in [7, 11) is -1.49. The predicted octanol–water partition coefficient (Wildman–Crippen LogP) is -0.216. The van der Waals surface area contributed by atoms with Gasteiger partial charge in [0.1, 0.15) is 56.3 Å². The SMILES string of the molecule is CC(=O)NC1C(OCCOCCNC(=O)CN(CC(=O)NCCOCCOC2OC(COC(C)=O)C(OC(C)=O)C(OC(C)=O)C2NC(C)=O)C(Cc2ccc(CNC(=O)[C@H]3CC[C@@H](OP(OCCC#N)N(C(C)C)C(C)C)CC3)cc2)C(=O)NCCOCCOC2OC(COC(C)=O)C(OC(C)=O)C(OC(C)=O)C2NC(C)=O)OC(COC(C)=O)C(OC(C)=O)C1OC(C)=O. The Morgan fingerprint density at radius 2 is 0.771 bits per heavy atom. The fourth-order valence-electron chi connectivity index (χ4n) is 14.5. The van der Waals surface area contributed by atoms with Crippen LogP contribution in [0.3, 0.4) is 0 Å². The average molecular weight is 1890 g/mol. The molecule has 1 aromatic carbocycles. The molecule has 7 N–H and O–H groups in total. The minimum atomic E-state index is -1.49. The summed E-state index contributed by atoms with van der Waals surface area (Å²) < 4.78 is 117. The summed E-state index contributed by atoms with van der Waals surface area (Å²) in [6.45, 7) is 16.8. The molecule has 736 valence electrons. The van der Waals surface area contributed by atoms with Crippen LogP contribution in [0.15, 0.2) is 24.3 Å². The Morgan fingerprint density at radius 1 is 0.427 bits per heavy atom. The number of benzene rings is 1. The molecule has 0 bridgehead atoms. The highest BCUT2D eigenvalue weighted by Gasteiger charge is 2.55. The summed E-state index contributed by atoms with van der Waals surface area (Å²) in [5, 5.41) is 28.4. The van der Waals surface area contributed by atoms with Gasteiger partial charge >= 0.3 is 53.7 Å². The number of amides is 7. The van der Waals surface area contributed by atoms with Crippen LogP contribution in [-0.4, -0.2) is 339 Å². The number of hydrogen-bond donors (Lipinski definition) is 7. The molecule has 5 rings (SSSR count). The zero-order valence-electron chi connectivity index (χ0n) is 77.0. The number of nitrogens with one attached hydrogen (secondary N) is 7. The van der Waals surface area contributed by atoms with Crippen LogP contribution >= 0.6 is 8.53 Å². The van der Waals surface area contributed by atoms with E-state index in [2.05, 4.69) is 75.7 Å². The molecule has 17 unspecified atom stereocenters. The second-order valence-electron chi connectivity index (χ2n) is 31.4. The first-order valence-electron chi connectivity index (χ1n) is 43.1. The van der Waals surface area contributed by atoms with Gasteiger partial charge in [0.2, 0.25) is 41.4 Å². The van der Waals surface area contributed by atoms with E-state index in [0.29, 0.717) is 36.8 Å². The zero-order chi connectivity index (χ0) is 97.0. The highest BCUT2D eigenvalue weighted by atomic mass is 31.2. The largest absolute Gasteiger partial charge is 0.463 e. The standard InChI is InChI=1S/C84H129N10O36P/c1-47(2)94(48(3)4)131(120-30-17-26-85)130-64-24-22-63(23-25-64)80(109)89-41-62-20-18-61(19-21-62)40-65(81(110)88-29-33-113-36-39-116-84-73(92-51(7)97)79(126-60(16)106)76(123-57(13)103)68(129-84)46-119-54(10)100)93(42-69(107)86-27-31-111-34-37-114-82-71(90-49(5)95)77(124-58(14)104)74(121-55(11)101)66(127-82)44-117-52(8)98)43-70(108)87-28-32-112-35-38-115-83-72(91-50(6)96)78(125-59(15)105)75(122-56(12)102)67(128-83)45-118-53(9)99/h18-21,47-48,63-68,71-79,82-84H,17,22-25,27-46H2,1-16H3,(H,86,107)(H,87,108)(H,88,110)(H,89,109)(H,90,95)(H,91,96)(H,92,97)/t63-,64+,65?,66?,67?,68?,71?,72?,73?,74?,75?,76?,77?,78?,79?,82?,83?,84?,131?. The van der Waals surface area contributed by atoms with Crippen molar-refractivity contribution in [2.45, 2.75) is 272 Å². The van der Waals surface area contributed by atoms with Crippen molar-refractivity contribution in [2.75, 3.05) is 119 Å². The summed E-state index contributed by atoms with van der Waals surface area (Å²) in [5.41, 5.74) is 1.22. The minimum absolute atomic E-state index is 0.101. The molecule has 47 heteroatoms. The van der Waals surface area contributed by atoms with Crippen LogP contribution in [0.1, 0.15) is 154 Å².